The van der Waals surface area contributed by atoms with Crippen molar-refractivity contribution in [2.45, 2.75) is 18.2 Å². The lowest BCUT2D eigenvalue weighted by molar-refractivity contribution is 0.578. The quantitative estimate of drug-likeness (QED) is 0.708. The summed E-state index contributed by atoms with van der Waals surface area (Å²) < 4.78 is 0. The molecule has 1 N–H and O–H groups in total. The van der Waals surface area contributed by atoms with E-state index in [1.807, 2.05) is 4.90 Å². The molecular formula is C9H12ClN3O. The number of hydrogen-bond acceptors (Lipinski definition) is 3. The number of aromatic nitrogens is 2. The molecule has 1 unspecified atom stereocenters. The maximum atomic E-state index is 11.4. The van der Waals surface area contributed by atoms with Gasteiger partial charge in [0.1, 0.15) is 0 Å². The maximum absolute atomic E-state index is 11.4. The third kappa shape index (κ3) is 1.90. The fourth-order valence-electron chi connectivity index (χ4n) is 1.69. The van der Waals surface area contributed by atoms with Crippen LogP contribution in [0.25, 0.3) is 0 Å². The SMILES string of the molecule is O=c1[nH]ccnc1N1CCCC(Cl)C1. The first-order valence-electron chi connectivity index (χ1n) is 4.70. The highest BCUT2D eigenvalue weighted by molar-refractivity contribution is 6.21. The van der Waals surface area contributed by atoms with Crippen LogP contribution in [0.1, 0.15) is 12.8 Å². The van der Waals surface area contributed by atoms with Crippen LogP contribution in [0.5, 0.6) is 0 Å². The Labute approximate surface area is 86.9 Å². The number of rotatable bonds is 1. The van der Waals surface area contributed by atoms with E-state index < -0.39 is 0 Å². The molecule has 5 heteroatoms. The summed E-state index contributed by atoms with van der Waals surface area (Å²) in [5.41, 5.74) is -0.140. The molecule has 0 bridgehead atoms. The van der Waals surface area contributed by atoms with Crippen LogP contribution in [0.15, 0.2) is 17.2 Å². The van der Waals surface area contributed by atoms with Crippen LogP contribution in [0, 0.1) is 0 Å². The lowest BCUT2D eigenvalue weighted by Crippen LogP contribution is -2.39. The highest BCUT2D eigenvalue weighted by atomic mass is 35.5. The Morgan fingerprint density at radius 3 is 3.21 bits per heavy atom. The number of halogens is 1. The topological polar surface area (TPSA) is 49.0 Å². The summed E-state index contributed by atoms with van der Waals surface area (Å²) in [6.45, 7) is 1.57. The van der Waals surface area contributed by atoms with Crippen molar-refractivity contribution in [3.8, 4) is 0 Å². The van der Waals surface area contributed by atoms with Gasteiger partial charge in [0.05, 0.1) is 5.38 Å². The molecule has 2 rings (SSSR count). The molecule has 1 aromatic rings. The number of nitrogens with zero attached hydrogens (tertiary/aromatic N) is 2. The number of alkyl halides is 1. The van der Waals surface area contributed by atoms with Gasteiger partial charge in [-0.3, -0.25) is 4.79 Å². The summed E-state index contributed by atoms with van der Waals surface area (Å²) in [7, 11) is 0. The van der Waals surface area contributed by atoms with Gasteiger partial charge in [-0.05, 0) is 12.8 Å². The van der Waals surface area contributed by atoms with E-state index >= 15 is 0 Å². The van der Waals surface area contributed by atoms with Crippen molar-refractivity contribution in [2.24, 2.45) is 0 Å². The molecule has 2 heterocycles. The molecular weight excluding hydrogens is 202 g/mol. The van der Waals surface area contributed by atoms with Gasteiger partial charge < -0.3 is 9.88 Å². The van der Waals surface area contributed by atoms with E-state index in [0.717, 1.165) is 19.4 Å². The zero-order chi connectivity index (χ0) is 9.97. The third-order valence-electron chi connectivity index (χ3n) is 2.35. The first kappa shape index (κ1) is 9.52. The van der Waals surface area contributed by atoms with E-state index in [2.05, 4.69) is 9.97 Å². The average Bonchev–Trinajstić information content (AvgIpc) is 2.18. The molecule has 0 amide bonds. The van der Waals surface area contributed by atoms with Crippen LogP contribution in [0.2, 0.25) is 0 Å². The van der Waals surface area contributed by atoms with Gasteiger partial charge in [0.15, 0.2) is 5.82 Å². The minimum atomic E-state index is -0.140. The number of hydrogen-bond donors (Lipinski definition) is 1. The molecule has 1 saturated heterocycles. The van der Waals surface area contributed by atoms with Crippen molar-refractivity contribution < 1.29 is 0 Å². The van der Waals surface area contributed by atoms with E-state index in [4.69, 9.17) is 11.6 Å². The summed E-state index contributed by atoms with van der Waals surface area (Å²) >= 11 is 6.03. The molecule has 0 aliphatic carbocycles. The molecule has 0 spiro atoms. The molecule has 14 heavy (non-hydrogen) atoms. The fourth-order valence-corrected chi connectivity index (χ4v) is 2.01. The Bertz CT molecular complexity index is 365. The van der Waals surface area contributed by atoms with E-state index in [1.165, 1.54) is 6.20 Å². The van der Waals surface area contributed by atoms with Crippen LogP contribution in [-0.4, -0.2) is 28.4 Å². The van der Waals surface area contributed by atoms with Gasteiger partial charge in [0.25, 0.3) is 5.56 Å². The molecule has 1 fully saturated rings. The first-order valence-corrected chi connectivity index (χ1v) is 5.14. The summed E-state index contributed by atoms with van der Waals surface area (Å²) in [5, 5.41) is 0.130. The zero-order valence-electron chi connectivity index (χ0n) is 7.74. The van der Waals surface area contributed by atoms with Crippen LogP contribution in [0.4, 0.5) is 5.82 Å². The highest BCUT2D eigenvalue weighted by Crippen LogP contribution is 2.17. The average molecular weight is 214 g/mol. The molecule has 1 atom stereocenters. The van der Waals surface area contributed by atoms with Crippen molar-refractivity contribution in [3.63, 3.8) is 0 Å². The second kappa shape index (κ2) is 4.00. The molecule has 1 aromatic heterocycles. The molecule has 76 valence electrons. The molecule has 4 nitrogen and oxygen atoms in total. The number of anilines is 1. The second-order valence-corrected chi connectivity index (χ2v) is 4.04. The van der Waals surface area contributed by atoms with Crippen molar-refractivity contribution >= 4 is 17.4 Å². The van der Waals surface area contributed by atoms with Gasteiger partial charge in [-0.1, -0.05) is 0 Å². The van der Waals surface area contributed by atoms with E-state index in [0.29, 0.717) is 12.4 Å². The predicted octanol–water partition coefficient (Wildman–Crippen LogP) is 0.978. The van der Waals surface area contributed by atoms with Gasteiger partial charge in [-0.25, -0.2) is 4.98 Å². The largest absolute Gasteiger partial charge is 0.351 e. The summed E-state index contributed by atoms with van der Waals surface area (Å²) in [6, 6.07) is 0. The second-order valence-electron chi connectivity index (χ2n) is 3.43. The van der Waals surface area contributed by atoms with Gasteiger partial charge >= 0.3 is 0 Å². The monoisotopic (exact) mass is 213 g/mol. The minimum absolute atomic E-state index is 0.130. The summed E-state index contributed by atoms with van der Waals surface area (Å²) in [5.74, 6) is 0.484. The van der Waals surface area contributed by atoms with Gasteiger partial charge in [-0.15, -0.1) is 11.6 Å². The Balaban J connectivity index is 2.22. The van der Waals surface area contributed by atoms with Crippen LogP contribution in [0.3, 0.4) is 0 Å². The van der Waals surface area contributed by atoms with Gasteiger partial charge in [-0.2, -0.15) is 0 Å². The molecule has 1 aliphatic rings. The molecule has 0 radical (unpaired) electrons. The predicted molar refractivity (Wildman–Crippen MR) is 55.9 cm³/mol. The zero-order valence-corrected chi connectivity index (χ0v) is 8.50. The third-order valence-corrected chi connectivity index (χ3v) is 2.71. The van der Waals surface area contributed by atoms with E-state index in [9.17, 15) is 4.79 Å². The lowest BCUT2D eigenvalue weighted by Gasteiger charge is -2.29. The maximum Gasteiger partial charge on any atom is 0.290 e. The first-order chi connectivity index (χ1) is 6.77. The van der Waals surface area contributed by atoms with Crippen LogP contribution < -0.4 is 10.5 Å². The van der Waals surface area contributed by atoms with E-state index in [1.54, 1.807) is 6.20 Å². The number of piperidine rings is 1. The Hall–Kier alpha value is -1.03. The van der Waals surface area contributed by atoms with Crippen LogP contribution >= 0.6 is 11.6 Å². The van der Waals surface area contributed by atoms with E-state index in [-0.39, 0.29) is 10.9 Å². The highest BCUT2D eigenvalue weighted by Gasteiger charge is 2.20. The Morgan fingerprint density at radius 1 is 1.64 bits per heavy atom. The normalized spacial score (nSPS) is 22.4. The molecule has 0 aromatic carbocycles. The van der Waals surface area contributed by atoms with Gasteiger partial charge in [0, 0.05) is 25.5 Å². The standard InChI is InChI=1S/C9H12ClN3O/c10-7-2-1-5-13(6-7)8-9(14)12-4-3-11-8/h3-4,7H,1-2,5-6H2,(H,12,14). The lowest BCUT2D eigenvalue weighted by atomic mass is 10.1. The van der Waals surface area contributed by atoms with Crippen molar-refractivity contribution in [3.05, 3.63) is 22.7 Å². The summed E-state index contributed by atoms with van der Waals surface area (Å²) in [6.07, 6.45) is 5.16. The van der Waals surface area contributed by atoms with Crippen molar-refractivity contribution in [1.29, 1.82) is 0 Å². The number of nitrogens with one attached hydrogen (secondary N) is 1. The van der Waals surface area contributed by atoms with Crippen LogP contribution in [-0.2, 0) is 0 Å². The Kier molecular flexibility index (Phi) is 2.72. The minimum Gasteiger partial charge on any atom is -0.351 e. The summed E-state index contributed by atoms with van der Waals surface area (Å²) in [4.78, 5) is 20.0. The van der Waals surface area contributed by atoms with Gasteiger partial charge in [0.2, 0.25) is 0 Å². The molecule has 0 saturated carbocycles. The van der Waals surface area contributed by atoms with Crippen molar-refractivity contribution in [1.82, 2.24) is 9.97 Å². The molecule has 1 aliphatic heterocycles. The number of aromatic amines is 1. The smallest absolute Gasteiger partial charge is 0.290 e. The number of H-pyrrole nitrogens is 1. The fraction of sp³-hybridized carbons (Fsp3) is 0.556. The van der Waals surface area contributed by atoms with Crippen molar-refractivity contribution in [2.75, 3.05) is 18.0 Å². The Morgan fingerprint density at radius 2 is 2.50 bits per heavy atom.